The summed E-state index contributed by atoms with van der Waals surface area (Å²) in [5.74, 6) is -1.37. The van der Waals surface area contributed by atoms with Gasteiger partial charge in [-0.25, -0.2) is 30.1 Å². The van der Waals surface area contributed by atoms with Gasteiger partial charge < -0.3 is 39.2 Å². The first-order valence-corrected chi connectivity index (χ1v) is 31.0. The van der Waals surface area contributed by atoms with Gasteiger partial charge in [0.25, 0.3) is 11.7 Å². The van der Waals surface area contributed by atoms with E-state index in [1.165, 1.54) is 23.8 Å². The van der Waals surface area contributed by atoms with Gasteiger partial charge in [0.1, 0.15) is 11.5 Å². The van der Waals surface area contributed by atoms with Crippen molar-refractivity contribution in [3.8, 4) is 33.8 Å². The summed E-state index contributed by atoms with van der Waals surface area (Å²) in [6.07, 6.45) is 8.25. The number of nitrogens with zero attached hydrogens (tertiary/aromatic N) is 2. The Hall–Kier alpha value is -7.05. The number of rotatable bonds is 23. The summed E-state index contributed by atoms with van der Waals surface area (Å²) >= 11 is -1.72. The molecule has 8 rings (SSSR count). The summed E-state index contributed by atoms with van der Waals surface area (Å²) in [4.78, 5) is 60.0. The number of esters is 2. The first-order valence-electron chi connectivity index (χ1n) is 25.8. The normalized spacial score (nSPS) is 10.7. The molecule has 13 nitrogen and oxygen atoms in total. The van der Waals surface area contributed by atoms with Crippen LogP contribution in [0, 0.1) is 0 Å². The van der Waals surface area contributed by atoms with E-state index in [-0.39, 0.29) is 30.7 Å². The van der Waals surface area contributed by atoms with Crippen LogP contribution in [-0.2, 0) is 60.8 Å². The minimum atomic E-state index is -1.72. The van der Waals surface area contributed by atoms with Gasteiger partial charge in [-0.3, -0.25) is 24.0 Å². The molecule has 4 aromatic heterocycles. The van der Waals surface area contributed by atoms with Gasteiger partial charge in [-0.05, 0) is 94.8 Å². The molecular formula is C61H64AlCl3N4O9. The molecule has 4 aromatic carbocycles. The van der Waals surface area contributed by atoms with Crippen LogP contribution < -0.4 is 20.9 Å². The molecule has 0 aliphatic carbocycles. The summed E-state index contributed by atoms with van der Waals surface area (Å²) in [7, 11) is 16.2. The lowest BCUT2D eigenvalue weighted by Gasteiger charge is -2.12. The smallest absolute Gasteiger partial charge is 0.493 e. The van der Waals surface area contributed by atoms with Crippen molar-refractivity contribution in [1.29, 1.82) is 0 Å². The van der Waals surface area contributed by atoms with Crippen LogP contribution in [0.3, 0.4) is 0 Å². The van der Waals surface area contributed by atoms with Crippen LogP contribution in [0.5, 0.6) is 11.5 Å². The molecule has 0 saturated carbocycles. The minimum absolute atomic E-state index is 0.165. The van der Waals surface area contributed by atoms with E-state index in [1.807, 2.05) is 90.4 Å². The van der Waals surface area contributed by atoms with Crippen molar-refractivity contribution in [2.75, 3.05) is 26.9 Å². The van der Waals surface area contributed by atoms with Crippen LogP contribution in [0.15, 0.2) is 146 Å². The Morgan fingerprint density at radius 1 is 0.564 bits per heavy atom. The fourth-order valence-electron chi connectivity index (χ4n) is 9.54. The van der Waals surface area contributed by atoms with Gasteiger partial charge in [0.2, 0.25) is 5.91 Å². The molecule has 406 valence electrons. The number of primary amides is 2. The van der Waals surface area contributed by atoms with Crippen molar-refractivity contribution < 1.29 is 42.9 Å². The lowest BCUT2D eigenvalue weighted by molar-refractivity contribution is -0.143. The summed E-state index contributed by atoms with van der Waals surface area (Å²) in [6, 6.07) is 44.6. The maximum atomic E-state index is 13.0. The molecule has 0 spiro atoms. The summed E-state index contributed by atoms with van der Waals surface area (Å²) < 4.78 is 25.5. The van der Waals surface area contributed by atoms with Gasteiger partial charge in [-0.2, -0.15) is 0 Å². The van der Waals surface area contributed by atoms with Gasteiger partial charge in [-0.1, -0.05) is 123 Å². The van der Waals surface area contributed by atoms with Crippen molar-refractivity contribution >= 4 is 82.1 Å². The average Bonchev–Trinajstić information content (AvgIpc) is 3.97. The number of carbonyl (C=O) groups is 5. The van der Waals surface area contributed by atoms with E-state index in [0.717, 1.165) is 56.7 Å². The molecule has 17 heteroatoms. The highest BCUT2D eigenvalue weighted by molar-refractivity contribution is 7.54. The van der Waals surface area contributed by atoms with Crippen molar-refractivity contribution in [2.45, 2.75) is 78.6 Å². The molecule has 8 aromatic rings. The predicted octanol–water partition coefficient (Wildman–Crippen LogP) is 12.0. The van der Waals surface area contributed by atoms with Crippen molar-refractivity contribution in [2.24, 2.45) is 11.5 Å². The number of nitrogens with two attached hydrogens (primary N) is 2. The second-order valence-electron chi connectivity index (χ2n) is 17.9. The molecule has 0 aliphatic heterocycles. The van der Waals surface area contributed by atoms with E-state index in [1.54, 1.807) is 13.0 Å². The Bertz CT molecular complexity index is 3320. The van der Waals surface area contributed by atoms with E-state index in [0.29, 0.717) is 80.9 Å². The van der Waals surface area contributed by atoms with Gasteiger partial charge >= 0.3 is 23.3 Å². The first-order chi connectivity index (χ1) is 37.7. The second kappa shape index (κ2) is 30.2. The molecule has 0 atom stereocenters. The van der Waals surface area contributed by atoms with E-state index in [4.69, 9.17) is 55.8 Å². The topological polar surface area (TPSA) is 183 Å². The Morgan fingerprint density at radius 2 is 1.01 bits per heavy atom. The zero-order valence-corrected chi connectivity index (χ0v) is 47.7. The van der Waals surface area contributed by atoms with E-state index >= 15 is 0 Å². The number of benzene rings is 4. The molecule has 0 aliphatic rings. The number of aromatic nitrogens is 2. The SMILES string of the molecule is CCOC(=O)CCCOc1ccn2c(Cc3ccccc3-c3ccccc3)c(CC)c(C(=O)C(N)=O)c2c1.CCc1c(CC(N)=O)c2cc(OCCCC(=O)OC)ccn2c1Cc1ccccc1-c1ccccc1.[Cl][Al]([Cl])[Cl]. The number of fused-ring (bicyclic) bond motifs is 2. The van der Waals surface area contributed by atoms with Crippen molar-refractivity contribution in [3.05, 3.63) is 191 Å². The molecule has 2 amide bonds. The highest BCUT2D eigenvalue weighted by atomic mass is 35.8. The maximum Gasteiger partial charge on any atom is 0.643 e. The summed E-state index contributed by atoms with van der Waals surface area (Å²) in [6.45, 7) is 6.90. The lowest BCUT2D eigenvalue weighted by Crippen LogP contribution is -2.24. The van der Waals surface area contributed by atoms with E-state index in [2.05, 4.69) is 76.7 Å². The van der Waals surface area contributed by atoms with E-state index < -0.39 is 23.1 Å². The van der Waals surface area contributed by atoms with Crippen LogP contribution in [0.25, 0.3) is 33.3 Å². The summed E-state index contributed by atoms with van der Waals surface area (Å²) in [5.41, 5.74) is 24.7. The number of halogens is 3. The molecule has 0 unspecified atom stereocenters. The van der Waals surface area contributed by atoms with Gasteiger partial charge in [0.05, 0.1) is 49.9 Å². The van der Waals surface area contributed by atoms with Crippen LogP contribution in [0.4, 0.5) is 0 Å². The van der Waals surface area contributed by atoms with Crippen LogP contribution in [0.1, 0.15) is 96.0 Å². The number of carbonyl (C=O) groups excluding carboxylic acids is 5. The molecule has 0 fully saturated rings. The number of pyridine rings is 2. The van der Waals surface area contributed by atoms with Crippen LogP contribution in [-0.4, -0.2) is 76.7 Å². The molecule has 0 radical (unpaired) electrons. The third-order valence-corrected chi connectivity index (χ3v) is 12.9. The van der Waals surface area contributed by atoms with E-state index in [9.17, 15) is 24.0 Å². The quantitative estimate of drug-likeness (QED) is 0.0207. The number of Topliss-reactive ketones (excluding diaryl/α,β-unsaturated/α-hetero) is 1. The number of ketones is 1. The zero-order chi connectivity index (χ0) is 56.1. The molecule has 4 N–H and O–H groups in total. The maximum absolute atomic E-state index is 13.0. The Kier molecular flexibility index (Phi) is 23.3. The van der Waals surface area contributed by atoms with Gasteiger partial charge in [-0.15, -0.1) is 0 Å². The van der Waals surface area contributed by atoms with Gasteiger partial charge in [0.15, 0.2) is 0 Å². The Balaban J connectivity index is 0.000000236. The monoisotopic (exact) mass is 1130 g/mol. The minimum Gasteiger partial charge on any atom is -0.493 e. The highest BCUT2D eigenvalue weighted by Crippen LogP contribution is 2.35. The number of ether oxygens (including phenoxy) is 4. The fourth-order valence-corrected chi connectivity index (χ4v) is 9.54. The largest absolute Gasteiger partial charge is 0.643 e. The molecule has 0 bridgehead atoms. The molecule has 0 saturated heterocycles. The Labute approximate surface area is 472 Å². The lowest BCUT2D eigenvalue weighted by atomic mass is 9.94. The number of amides is 2. The highest BCUT2D eigenvalue weighted by Gasteiger charge is 2.27. The second-order valence-corrected chi connectivity index (χ2v) is 24.3. The Morgan fingerprint density at radius 3 is 1.47 bits per heavy atom. The fraction of sp³-hybridized carbons (Fsp3) is 0.262. The molecule has 78 heavy (non-hydrogen) atoms. The standard InChI is InChI=1S/C31H32N2O5.C30H32N2O4.Al.3ClH/c1-3-24-26(19-22-13-8-9-14-25(22)21-11-6-5-7-12-21)33-17-16-23(38-18-10-15-28(34)37-4-2)20-27(33)29(24)30(35)31(32)36;1-3-24-26(20-29(31)33)28-19-23(36-17-9-14-30(34)35-2)15-16-32(28)27(24)18-22-12-7-8-13-25(22)21-10-5-4-6-11-21;;;;/h5-9,11-14,16-17,20H,3-4,10,15,18-19H2,1-2H3,(H2,32,36);4-8,10-13,15-16,19H,3,9,14,17-18,20H2,1-2H3,(H2,31,33);;3*1H/q;;+3;;;/p-3. The molecular weight excluding hydrogens is 1070 g/mol. The first kappa shape index (κ1) is 60.2. The van der Waals surface area contributed by atoms with Crippen molar-refractivity contribution in [1.82, 2.24) is 8.80 Å². The van der Waals surface area contributed by atoms with Crippen LogP contribution in [0.2, 0.25) is 0 Å². The summed E-state index contributed by atoms with van der Waals surface area (Å²) in [5, 5.41) is 0. The predicted molar refractivity (Wildman–Crippen MR) is 311 cm³/mol. The average molecular weight is 1130 g/mol. The third-order valence-electron chi connectivity index (χ3n) is 12.9. The number of hydrogen-bond acceptors (Lipinski definition) is 9. The van der Waals surface area contributed by atoms with Gasteiger partial charge in [0, 0.05) is 61.6 Å². The number of hydrogen-bond donors (Lipinski definition) is 2. The third kappa shape index (κ3) is 16.3. The van der Waals surface area contributed by atoms with Crippen LogP contribution >= 0.6 is 30.1 Å². The van der Waals surface area contributed by atoms with Crippen molar-refractivity contribution in [3.63, 3.8) is 0 Å². The zero-order valence-electron chi connectivity index (χ0n) is 44.3. The number of methoxy groups -OCH3 is 1. The molecule has 4 heterocycles.